The summed E-state index contributed by atoms with van der Waals surface area (Å²) in [5.74, 6) is -0.151. The smallest absolute Gasteiger partial charge is 0.253 e. The minimum absolute atomic E-state index is 0.151. The van der Waals surface area contributed by atoms with Crippen LogP contribution in [0.25, 0.3) is 10.9 Å². The van der Waals surface area contributed by atoms with E-state index >= 15 is 0 Å². The summed E-state index contributed by atoms with van der Waals surface area (Å²) in [6.45, 7) is 4.93. The van der Waals surface area contributed by atoms with Crippen LogP contribution in [0.2, 0.25) is 0 Å². The van der Waals surface area contributed by atoms with Crippen molar-refractivity contribution in [1.82, 2.24) is 14.6 Å². The number of fused-ring (bicyclic) bond motifs is 1. The van der Waals surface area contributed by atoms with Crippen LogP contribution in [0.1, 0.15) is 49.9 Å². The third kappa shape index (κ3) is 3.72. The fraction of sp³-hybridized carbons (Fsp3) is 0.500. The molecule has 1 amide bonds. The molecular weight excluding hydrogens is 338 g/mol. The predicted molar refractivity (Wildman–Crippen MR) is 98.1 cm³/mol. The monoisotopic (exact) mass is 363 g/mol. The largest absolute Gasteiger partial charge is 0.360 e. The number of nitrogens with one attached hydrogen (secondary N) is 2. The molecule has 0 bridgehead atoms. The summed E-state index contributed by atoms with van der Waals surface area (Å²) in [6.07, 6.45) is 5.20. The Balaban J connectivity index is 1.97. The molecule has 0 atom stereocenters. The number of carbonyl (C=O) groups is 1. The van der Waals surface area contributed by atoms with E-state index in [1.165, 1.54) is 4.31 Å². The first kappa shape index (κ1) is 17.9. The molecule has 0 saturated heterocycles. The van der Waals surface area contributed by atoms with Crippen molar-refractivity contribution in [2.75, 3.05) is 13.1 Å². The van der Waals surface area contributed by atoms with E-state index in [1.54, 1.807) is 24.4 Å². The molecule has 3 rings (SSSR count). The van der Waals surface area contributed by atoms with Crippen molar-refractivity contribution in [3.05, 3.63) is 30.0 Å². The van der Waals surface area contributed by atoms with E-state index in [4.69, 9.17) is 0 Å². The summed E-state index contributed by atoms with van der Waals surface area (Å²) in [5.41, 5.74) is 1.26. The number of aromatic nitrogens is 1. The summed E-state index contributed by atoms with van der Waals surface area (Å²) in [7, 11) is -3.56. The van der Waals surface area contributed by atoms with E-state index in [0.29, 0.717) is 24.0 Å². The first-order valence-corrected chi connectivity index (χ1v) is 10.3. The van der Waals surface area contributed by atoms with E-state index in [1.807, 2.05) is 13.8 Å². The Morgan fingerprint density at radius 3 is 2.52 bits per heavy atom. The molecular formula is C18H25N3O3S. The number of aromatic amines is 1. The normalized spacial score (nSPS) is 15.0. The van der Waals surface area contributed by atoms with Crippen LogP contribution in [0.15, 0.2) is 29.3 Å². The Bertz CT molecular complexity index is 863. The van der Waals surface area contributed by atoms with Crippen LogP contribution < -0.4 is 5.32 Å². The van der Waals surface area contributed by atoms with Crippen LogP contribution in [0, 0.1) is 0 Å². The van der Waals surface area contributed by atoms with Crippen molar-refractivity contribution in [3.8, 4) is 0 Å². The highest BCUT2D eigenvalue weighted by Crippen LogP contribution is 2.26. The molecule has 2 N–H and O–H groups in total. The highest BCUT2D eigenvalue weighted by atomic mass is 32.2. The van der Waals surface area contributed by atoms with E-state index in [2.05, 4.69) is 10.3 Å². The van der Waals surface area contributed by atoms with Crippen LogP contribution in [-0.4, -0.2) is 42.7 Å². The maximum Gasteiger partial charge on any atom is 0.253 e. The van der Waals surface area contributed by atoms with Crippen molar-refractivity contribution in [3.63, 3.8) is 0 Å². The molecule has 1 aliphatic rings. The van der Waals surface area contributed by atoms with Gasteiger partial charge < -0.3 is 10.3 Å². The van der Waals surface area contributed by atoms with Gasteiger partial charge in [0.25, 0.3) is 5.91 Å². The Morgan fingerprint density at radius 1 is 1.24 bits per heavy atom. The second-order valence-electron chi connectivity index (χ2n) is 6.56. The average Bonchev–Trinajstić information content (AvgIpc) is 3.29. The molecule has 0 spiro atoms. The molecule has 1 aliphatic carbocycles. The van der Waals surface area contributed by atoms with Gasteiger partial charge in [-0.05, 0) is 43.9 Å². The van der Waals surface area contributed by atoms with Crippen molar-refractivity contribution >= 4 is 26.8 Å². The first-order chi connectivity index (χ1) is 12.0. The van der Waals surface area contributed by atoms with Crippen LogP contribution in [0.4, 0.5) is 0 Å². The predicted octanol–water partition coefficient (Wildman–Crippen LogP) is 2.87. The Morgan fingerprint density at radius 2 is 1.92 bits per heavy atom. The van der Waals surface area contributed by atoms with Gasteiger partial charge in [0.2, 0.25) is 10.0 Å². The van der Waals surface area contributed by atoms with Crippen molar-refractivity contribution in [2.45, 2.75) is 50.5 Å². The first-order valence-electron chi connectivity index (χ1n) is 8.89. The molecule has 2 aromatic rings. The van der Waals surface area contributed by atoms with Gasteiger partial charge in [-0.3, -0.25) is 4.79 Å². The number of amides is 1. The lowest BCUT2D eigenvalue weighted by Crippen LogP contribution is -2.32. The van der Waals surface area contributed by atoms with Gasteiger partial charge in [0.1, 0.15) is 0 Å². The molecule has 0 unspecified atom stereocenters. The molecule has 25 heavy (non-hydrogen) atoms. The molecule has 0 aliphatic heterocycles. The zero-order valence-electron chi connectivity index (χ0n) is 14.7. The van der Waals surface area contributed by atoms with Gasteiger partial charge in [-0.1, -0.05) is 13.8 Å². The lowest BCUT2D eigenvalue weighted by molar-refractivity contribution is 0.0952. The van der Waals surface area contributed by atoms with Crippen LogP contribution in [0.5, 0.6) is 0 Å². The van der Waals surface area contributed by atoms with Crippen molar-refractivity contribution in [2.24, 2.45) is 0 Å². The lowest BCUT2D eigenvalue weighted by atomic mass is 10.1. The van der Waals surface area contributed by atoms with Gasteiger partial charge in [-0.15, -0.1) is 0 Å². The summed E-state index contributed by atoms with van der Waals surface area (Å²) in [4.78, 5) is 15.7. The summed E-state index contributed by atoms with van der Waals surface area (Å²) in [6, 6.07) is 5.21. The molecule has 0 radical (unpaired) electrons. The molecule has 7 heteroatoms. The average molecular weight is 363 g/mol. The molecule has 1 saturated carbocycles. The Labute approximate surface area is 148 Å². The standard InChI is InChI=1S/C18H25N3O3S/c1-3-9-21(10-4-2)25(23,24)14-7-8-17-15(11-14)16(12-19-17)18(22)20-13-5-6-13/h7-8,11-13,19H,3-6,9-10H2,1-2H3,(H,20,22). The quantitative estimate of drug-likeness (QED) is 0.756. The van der Waals surface area contributed by atoms with Gasteiger partial charge in [-0.2, -0.15) is 4.31 Å². The third-order valence-corrected chi connectivity index (χ3v) is 6.29. The topological polar surface area (TPSA) is 82.3 Å². The minimum atomic E-state index is -3.56. The SMILES string of the molecule is CCCN(CCC)S(=O)(=O)c1ccc2[nH]cc(C(=O)NC3CC3)c2c1. The highest BCUT2D eigenvalue weighted by molar-refractivity contribution is 7.89. The van der Waals surface area contributed by atoms with Crippen molar-refractivity contribution in [1.29, 1.82) is 0 Å². The van der Waals surface area contributed by atoms with E-state index in [9.17, 15) is 13.2 Å². The third-order valence-electron chi connectivity index (χ3n) is 4.39. The van der Waals surface area contributed by atoms with Crippen LogP contribution in [-0.2, 0) is 10.0 Å². The maximum absolute atomic E-state index is 13.0. The zero-order chi connectivity index (χ0) is 18.0. The number of rotatable bonds is 8. The molecule has 1 aromatic carbocycles. The van der Waals surface area contributed by atoms with Gasteiger partial charge >= 0.3 is 0 Å². The number of benzene rings is 1. The van der Waals surface area contributed by atoms with E-state index < -0.39 is 10.0 Å². The number of H-pyrrole nitrogens is 1. The number of sulfonamides is 1. The Kier molecular flexibility index (Phi) is 5.15. The van der Waals surface area contributed by atoms with Gasteiger partial charge in [0.15, 0.2) is 0 Å². The van der Waals surface area contributed by atoms with Crippen molar-refractivity contribution < 1.29 is 13.2 Å². The molecule has 1 fully saturated rings. The number of hydrogen-bond acceptors (Lipinski definition) is 3. The number of hydrogen-bond donors (Lipinski definition) is 2. The van der Waals surface area contributed by atoms with Crippen LogP contribution >= 0.6 is 0 Å². The van der Waals surface area contributed by atoms with E-state index in [0.717, 1.165) is 31.2 Å². The fourth-order valence-corrected chi connectivity index (χ4v) is 4.59. The second kappa shape index (κ2) is 7.17. The lowest BCUT2D eigenvalue weighted by Gasteiger charge is -2.21. The summed E-state index contributed by atoms with van der Waals surface area (Å²) >= 11 is 0. The summed E-state index contributed by atoms with van der Waals surface area (Å²) < 4.78 is 27.4. The molecule has 6 nitrogen and oxygen atoms in total. The highest BCUT2D eigenvalue weighted by Gasteiger charge is 2.27. The number of nitrogens with zero attached hydrogens (tertiary/aromatic N) is 1. The van der Waals surface area contributed by atoms with Crippen LogP contribution in [0.3, 0.4) is 0 Å². The Hall–Kier alpha value is -1.86. The fourth-order valence-electron chi connectivity index (χ4n) is 2.94. The minimum Gasteiger partial charge on any atom is -0.360 e. The van der Waals surface area contributed by atoms with E-state index in [-0.39, 0.29) is 16.8 Å². The molecule has 1 aromatic heterocycles. The van der Waals surface area contributed by atoms with Gasteiger partial charge in [0, 0.05) is 36.2 Å². The second-order valence-corrected chi connectivity index (χ2v) is 8.50. The maximum atomic E-state index is 13.0. The van der Waals surface area contributed by atoms with Gasteiger partial charge in [0.05, 0.1) is 10.5 Å². The number of carbonyl (C=O) groups excluding carboxylic acids is 1. The zero-order valence-corrected chi connectivity index (χ0v) is 15.5. The molecule has 136 valence electrons. The van der Waals surface area contributed by atoms with Gasteiger partial charge in [-0.25, -0.2) is 8.42 Å². The summed E-state index contributed by atoms with van der Waals surface area (Å²) in [5, 5.41) is 3.60. The molecule has 1 heterocycles.